The van der Waals surface area contributed by atoms with E-state index in [1.54, 1.807) is 23.9 Å². The molecular formula is C19H27ClN5O2+. The van der Waals surface area contributed by atoms with E-state index < -0.39 is 0 Å². The third-order valence-corrected chi connectivity index (χ3v) is 4.31. The van der Waals surface area contributed by atoms with Crippen LogP contribution in [-0.4, -0.2) is 47.3 Å². The van der Waals surface area contributed by atoms with E-state index in [4.69, 9.17) is 11.6 Å². The number of hydrogen-bond donors (Lipinski definition) is 3. The lowest BCUT2D eigenvalue weighted by atomic mass is 10.1. The van der Waals surface area contributed by atoms with Crippen molar-refractivity contribution in [3.63, 3.8) is 0 Å². The summed E-state index contributed by atoms with van der Waals surface area (Å²) in [5, 5.41) is 10.8. The van der Waals surface area contributed by atoms with Crippen LogP contribution in [0.4, 0.5) is 5.82 Å². The van der Waals surface area contributed by atoms with E-state index in [1.165, 1.54) is 0 Å². The van der Waals surface area contributed by atoms with Gasteiger partial charge in [-0.05, 0) is 32.9 Å². The van der Waals surface area contributed by atoms with Crippen LogP contribution in [0.5, 0.6) is 0 Å². The maximum absolute atomic E-state index is 12.4. The first kappa shape index (κ1) is 20.9. The first-order valence-corrected chi connectivity index (χ1v) is 9.39. The Balaban J connectivity index is 1.98. The molecule has 1 atom stereocenters. The molecule has 0 aliphatic rings. The minimum atomic E-state index is -0.158. The van der Waals surface area contributed by atoms with Gasteiger partial charge < -0.3 is 15.5 Å². The molecule has 0 aliphatic heterocycles. The number of nitrogens with one attached hydrogen (secondary N) is 3. The number of nitrogens with zero attached hydrogens (tertiary/aromatic N) is 2. The second-order valence-corrected chi connectivity index (χ2v) is 7.21. The van der Waals surface area contributed by atoms with Gasteiger partial charge in [0.05, 0.1) is 12.2 Å². The van der Waals surface area contributed by atoms with Crippen molar-refractivity contribution in [2.75, 3.05) is 25.0 Å². The minimum absolute atomic E-state index is 0.0554. The van der Waals surface area contributed by atoms with Gasteiger partial charge in [0.25, 0.3) is 11.8 Å². The fourth-order valence-corrected chi connectivity index (χ4v) is 2.80. The van der Waals surface area contributed by atoms with E-state index in [1.807, 2.05) is 39.0 Å². The third-order valence-electron chi connectivity index (χ3n) is 4.06. The number of hydrogen-bond acceptors (Lipinski definition) is 3. The molecule has 0 saturated carbocycles. The molecule has 1 unspecified atom stereocenters. The zero-order chi connectivity index (χ0) is 20.0. The number of halogens is 1. The molecule has 0 fully saturated rings. The van der Waals surface area contributed by atoms with E-state index >= 15 is 0 Å². The van der Waals surface area contributed by atoms with Crippen LogP contribution in [0.1, 0.15) is 20.8 Å². The van der Waals surface area contributed by atoms with Gasteiger partial charge in [0.15, 0.2) is 13.1 Å². The number of benzene rings is 1. The van der Waals surface area contributed by atoms with Crippen LogP contribution in [0.3, 0.4) is 0 Å². The van der Waals surface area contributed by atoms with Crippen molar-refractivity contribution in [3.05, 3.63) is 35.4 Å². The van der Waals surface area contributed by atoms with Crippen LogP contribution >= 0.6 is 11.6 Å². The monoisotopic (exact) mass is 392 g/mol. The predicted octanol–water partition coefficient (Wildman–Crippen LogP) is 1.11. The van der Waals surface area contributed by atoms with Crippen molar-refractivity contribution in [1.82, 2.24) is 15.1 Å². The van der Waals surface area contributed by atoms with Crippen molar-refractivity contribution in [2.24, 2.45) is 7.05 Å². The topological polar surface area (TPSA) is 80.5 Å². The maximum Gasteiger partial charge on any atom is 0.280 e. The summed E-state index contributed by atoms with van der Waals surface area (Å²) in [5.74, 6) is 0.391. The van der Waals surface area contributed by atoms with E-state index in [9.17, 15) is 9.59 Å². The van der Waals surface area contributed by atoms with Gasteiger partial charge >= 0.3 is 0 Å². The van der Waals surface area contributed by atoms with Crippen LogP contribution in [0.15, 0.2) is 30.3 Å². The van der Waals surface area contributed by atoms with E-state index in [0.717, 1.165) is 16.2 Å². The number of carbonyl (C=O) groups excluding carboxylic acids is 2. The normalized spacial score (nSPS) is 12.1. The predicted molar refractivity (Wildman–Crippen MR) is 107 cm³/mol. The largest absolute Gasteiger partial charge is 0.349 e. The van der Waals surface area contributed by atoms with Crippen molar-refractivity contribution < 1.29 is 14.5 Å². The molecule has 0 saturated heterocycles. The summed E-state index contributed by atoms with van der Waals surface area (Å²) in [6.45, 7) is 6.94. The van der Waals surface area contributed by atoms with Gasteiger partial charge in [-0.25, -0.2) is 0 Å². The molecule has 0 aliphatic carbocycles. The lowest BCUT2D eigenvalue weighted by molar-refractivity contribution is -0.881. The number of carbonyl (C=O) groups is 2. The fraction of sp³-hybridized carbons (Fsp3) is 0.421. The maximum atomic E-state index is 12.4. The SMILES string of the molecule is CC[NH+](CC(=O)Nc1cc(-c2ccc(Cl)cc2)nn1C)CC(=O)NC(C)C. The highest BCUT2D eigenvalue weighted by Crippen LogP contribution is 2.22. The molecular weight excluding hydrogens is 366 g/mol. The summed E-state index contributed by atoms with van der Waals surface area (Å²) in [5.41, 5.74) is 1.67. The number of rotatable bonds is 8. The van der Waals surface area contributed by atoms with Gasteiger partial charge in [-0.3, -0.25) is 14.3 Å². The molecule has 7 nitrogen and oxygen atoms in total. The molecule has 1 heterocycles. The first-order chi connectivity index (χ1) is 12.8. The molecule has 2 aromatic rings. The van der Waals surface area contributed by atoms with E-state index in [0.29, 0.717) is 17.4 Å². The quantitative estimate of drug-likeness (QED) is 0.629. The number of anilines is 1. The van der Waals surface area contributed by atoms with Gasteiger partial charge in [-0.1, -0.05) is 23.7 Å². The molecule has 1 aromatic carbocycles. The Bertz CT molecular complexity index is 786. The molecule has 8 heteroatoms. The van der Waals surface area contributed by atoms with Crippen molar-refractivity contribution >= 4 is 29.2 Å². The number of quaternary nitrogens is 1. The third kappa shape index (κ3) is 6.37. The van der Waals surface area contributed by atoms with Gasteiger partial charge in [-0.15, -0.1) is 0 Å². The molecule has 146 valence electrons. The lowest BCUT2D eigenvalue weighted by Gasteiger charge is -2.17. The second kappa shape index (κ2) is 9.53. The van der Waals surface area contributed by atoms with Crippen LogP contribution in [0.25, 0.3) is 11.3 Å². The lowest BCUT2D eigenvalue weighted by Crippen LogP contribution is -3.14. The summed E-state index contributed by atoms with van der Waals surface area (Å²) in [7, 11) is 1.77. The highest BCUT2D eigenvalue weighted by atomic mass is 35.5. The molecule has 1 aromatic heterocycles. The molecule has 2 rings (SSSR count). The van der Waals surface area contributed by atoms with Gasteiger partial charge in [-0.2, -0.15) is 5.10 Å². The Morgan fingerprint density at radius 1 is 1.19 bits per heavy atom. The number of aryl methyl sites for hydroxylation is 1. The van der Waals surface area contributed by atoms with Crippen LogP contribution in [0, 0.1) is 0 Å². The summed E-state index contributed by atoms with van der Waals surface area (Å²) in [6.07, 6.45) is 0. The van der Waals surface area contributed by atoms with Crippen LogP contribution in [-0.2, 0) is 16.6 Å². The Labute approximate surface area is 164 Å². The van der Waals surface area contributed by atoms with Gasteiger partial charge in [0.1, 0.15) is 5.82 Å². The number of likely N-dealkylation sites (N-methyl/N-ethyl adjacent to an activating group) is 1. The molecule has 0 spiro atoms. The Hall–Kier alpha value is -2.38. The summed E-state index contributed by atoms with van der Waals surface area (Å²) < 4.78 is 1.62. The summed E-state index contributed by atoms with van der Waals surface area (Å²) >= 11 is 5.92. The van der Waals surface area contributed by atoms with Gasteiger partial charge in [0, 0.05) is 29.7 Å². The first-order valence-electron chi connectivity index (χ1n) is 9.01. The smallest absolute Gasteiger partial charge is 0.280 e. The minimum Gasteiger partial charge on any atom is -0.349 e. The average Bonchev–Trinajstić information content (AvgIpc) is 2.94. The van der Waals surface area contributed by atoms with Crippen molar-refractivity contribution in [1.29, 1.82) is 0 Å². The molecule has 3 N–H and O–H groups in total. The second-order valence-electron chi connectivity index (χ2n) is 6.77. The van der Waals surface area contributed by atoms with Crippen LogP contribution < -0.4 is 15.5 Å². The Morgan fingerprint density at radius 3 is 2.41 bits per heavy atom. The van der Waals surface area contributed by atoms with E-state index in [2.05, 4.69) is 15.7 Å². The Kier molecular flexibility index (Phi) is 7.38. The zero-order valence-electron chi connectivity index (χ0n) is 16.2. The highest BCUT2D eigenvalue weighted by Gasteiger charge is 2.18. The molecule has 2 amide bonds. The number of aromatic nitrogens is 2. The van der Waals surface area contributed by atoms with Gasteiger partial charge in [0.2, 0.25) is 0 Å². The zero-order valence-corrected chi connectivity index (χ0v) is 16.9. The Morgan fingerprint density at radius 2 is 1.81 bits per heavy atom. The van der Waals surface area contributed by atoms with Crippen LogP contribution in [0.2, 0.25) is 5.02 Å². The standard InChI is InChI=1S/C19H26ClN5O2/c1-5-25(11-18(26)21-13(2)3)12-19(27)22-17-10-16(23-24(17)4)14-6-8-15(20)9-7-14/h6-10,13H,5,11-12H2,1-4H3,(H,21,26)(H,22,27)/p+1. The van der Waals surface area contributed by atoms with Crippen molar-refractivity contribution in [2.45, 2.75) is 26.8 Å². The van der Waals surface area contributed by atoms with Crippen molar-refractivity contribution in [3.8, 4) is 11.3 Å². The molecule has 27 heavy (non-hydrogen) atoms. The average molecular weight is 393 g/mol. The molecule has 0 bridgehead atoms. The number of amides is 2. The summed E-state index contributed by atoms with van der Waals surface area (Å²) in [6, 6.07) is 9.27. The summed E-state index contributed by atoms with van der Waals surface area (Å²) in [4.78, 5) is 25.2. The molecule has 0 radical (unpaired) electrons. The highest BCUT2D eigenvalue weighted by molar-refractivity contribution is 6.30. The van der Waals surface area contributed by atoms with E-state index in [-0.39, 0.29) is 30.9 Å². The fourth-order valence-electron chi connectivity index (χ4n) is 2.67.